The predicted molar refractivity (Wildman–Crippen MR) is 82.6 cm³/mol. The van der Waals surface area contributed by atoms with Gasteiger partial charge < -0.3 is 10.1 Å². The summed E-state index contributed by atoms with van der Waals surface area (Å²) in [4.78, 5) is 35.3. The van der Waals surface area contributed by atoms with Crippen molar-refractivity contribution in [2.75, 3.05) is 6.54 Å². The molecule has 22 heavy (non-hydrogen) atoms. The van der Waals surface area contributed by atoms with Crippen molar-refractivity contribution in [3.63, 3.8) is 0 Å². The number of aliphatic imine (C=N–C) groups is 1. The highest BCUT2D eigenvalue weighted by Gasteiger charge is 2.18. The third kappa shape index (κ3) is 2.85. The molecule has 8 nitrogen and oxygen atoms in total. The number of nitrogens with zero attached hydrogens (tertiary/aromatic N) is 4. The Morgan fingerprint density at radius 1 is 1.36 bits per heavy atom. The highest BCUT2D eigenvalue weighted by Crippen LogP contribution is 2.12. The minimum atomic E-state index is -0.570. The molecular weight excluding hydrogens is 286 g/mol. The van der Waals surface area contributed by atoms with Crippen molar-refractivity contribution in [3.05, 3.63) is 44.6 Å². The minimum absolute atomic E-state index is 0.0803. The fourth-order valence-corrected chi connectivity index (χ4v) is 2.19. The number of aromatic nitrogens is 4. The smallest absolute Gasteiger partial charge is 0.333 e. The Balaban J connectivity index is 2.39. The summed E-state index contributed by atoms with van der Waals surface area (Å²) in [5.74, 6) is -0.352. The second-order valence-corrected chi connectivity index (χ2v) is 4.91. The second kappa shape index (κ2) is 6.42. The molecule has 0 saturated carbocycles. The number of hydrogen-bond acceptors (Lipinski definition) is 5. The van der Waals surface area contributed by atoms with Crippen molar-refractivity contribution in [1.82, 2.24) is 19.1 Å². The Bertz CT molecular complexity index is 799. The highest BCUT2D eigenvalue weighted by molar-refractivity contribution is 6.01. The van der Waals surface area contributed by atoms with Crippen LogP contribution in [-0.4, -0.2) is 36.5 Å². The summed E-state index contributed by atoms with van der Waals surface area (Å²) in [6.07, 6.45) is 4.43. The van der Waals surface area contributed by atoms with Gasteiger partial charge in [-0.25, -0.2) is 9.78 Å². The van der Waals surface area contributed by atoms with Crippen LogP contribution >= 0.6 is 0 Å². The van der Waals surface area contributed by atoms with E-state index in [1.54, 1.807) is 12.5 Å². The van der Waals surface area contributed by atoms with Crippen LogP contribution in [0.1, 0.15) is 24.6 Å². The van der Waals surface area contributed by atoms with Crippen LogP contribution in [0, 0.1) is 0 Å². The molecule has 0 bridgehead atoms. The van der Waals surface area contributed by atoms with E-state index in [1.807, 2.05) is 6.92 Å². The molecule has 2 rings (SSSR count). The predicted octanol–water partition coefficient (Wildman–Crippen LogP) is -0.0455. The Morgan fingerprint density at radius 2 is 2.09 bits per heavy atom. The van der Waals surface area contributed by atoms with Gasteiger partial charge in [-0.05, 0) is 6.42 Å². The SMILES string of the molecule is CCC(=NCCc1cnc[nH]1)c1c(O)n(C)c(=O)n(C)c1=O. The first-order valence-electron chi connectivity index (χ1n) is 6.97. The maximum atomic E-state index is 12.2. The first-order chi connectivity index (χ1) is 10.5. The highest BCUT2D eigenvalue weighted by atomic mass is 16.3. The van der Waals surface area contributed by atoms with E-state index in [9.17, 15) is 14.7 Å². The molecule has 0 aromatic carbocycles. The van der Waals surface area contributed by atoms with Gasteiger partial charge in [0.25, 0.3) is 5.56 Å². The van der Waals surface area contributed by atoms with Crippen LogP contribution in [-0.2, 0) is 20.5 Å². The molecule has 0 atom stereocenters. The van der Waals surface area contributed by atoms with Crippen molar-refractivity contribution in [1.29, 1.82) is 0 Å². The lowest BCUT2D eigenvalue weighted by Crippen LogP contribution is -2.40. The molecule has 8 heteroatoms. The fourth-order valence-electron chi connectivity index (χ4n) is 2.19. The molecule has 2 aromatic rings. The van der Waals surface area contributed by atoms with Gasteiger partial charge in [0.1, 0.15) is 5.56 Å². The van der Waals surface area contributed by atoms with Crippen LogP contribution in [0.15, 0.2) is 27.1 Å². The molecule has 0 amide bonds. The lowest BCUT2D eigenvalue weighted by Gasteiger charge is -2.11. The van der Waals surface area contributed by atoms with Crippen LogP contribution in [0.4, 0.5) is 0 Å². The average Bonchev–Trinajstić information content (AvgIpc) is 3.03. The Morgan fingerprint density at radius 3 is 2.68 bits per heavy atom. The Kier molecular flexibility index (Phi) is 4.59. The zero-order valence-corrected chi connectivity index (χ0v) is 12.8. The third-order valence-electron chi connectivity index (χ3n) is 3.50. The quantitative estimate of drug-likeness (QED) is 0.756. The molecular formula is C14H19N5O3. The summed E-state index contributed by atoms with van der Waals surface area (Å²) in [7, 11) is 2.80. The summed E-state index contributed by atoms with van der Waals surface area (Å²) >= 11 is 0. The molecule has 0 aliphatic carbocycles. The maximum absolute atomic E-state index is 12.2. The van der Waals surface area contributed by atoms with E-state index in [1.165, 1.54) is 14.1 Å². The van der Waals surface area contributed by atoms with Crippen molar-refractivity contribution < 1.29 is 5.11 Å². The molecule has 0 saturated heterocycles. The van der Waals surface area contributed by atoms with Crippen LogP contribution < -0.4 is 11.2 Å². The van der Waals surface area contributed by atoms with Crippen molar-refractivity contribution >= 4 is 5.71 Å². The molecule has 0 unspecified atom stereocenters. The lowest BCUT2D eigenvalue weighted by molar-refractivity contribution is 0.410. The lowest BCUT2D eigenvalue weighted by atomic mass is 10.1. The number of rotatable bonds is 5. The summed E-state index contributed by atoms with van der Waals surface area (Å²) in [5.41, 5.74) is 0.392. The average molecular weight is 305 g/mol. The number of imidazole rings is 1. The van der Waals surface area contributed by atoms with E-state index in [2.05, 4.69) is 15.0 Å². The standard InChI is InChI=1S/C14H19N5O3/c1-4-10(16-6-5-9-7-15-8-17-9)11-12(20)18(2)14(22)19(3)13(11)21/h7-8,20H,4-6H2,1-3H3,(H,15,17). The number of H-pyrrole nitrogens is 1. The van der Waals surface area contributed by atoms with Gasteiger partial charge in [0.05, 0.1) is 12.0 Å². The molecule has 2 heterocycles. The Labute approximate surface area is 126 Å². The summed E-state index contributed by atoms with van der Waals surface area (Å²) in [6.45, 7) is 2.30. The van der Waals surface area contributed by atoms with Gasteiger partial charge in [0.2, 0.25) is 5.88 Å². The maximum Gasteiger partial charge on any atom is 0.333 e. The molecule has 0 radical (unpaired) electrons. The number of hydrogen-bond donors (Lipinski definition) is 2. The molecule has 2 N–H and O–H groups in total. The van der Waals surface area contributed by atoms with Crippen LogP contribution in [0.3, 0.4) is 0 Å². The molecule has 0 aliphatic heterocycles. The van der Waals surface area contributed by atoms with E-state index >= 15 is 0 Å². The monoisotopic (exact) mass is 305 g/mol. The van der Waals surface area contributed by atoms with Crippen molar-refractivity contribution in [2.24, 2.45) is 19.1 Å². The van der Waals surface area contributed by atoms with E-state index < -0.39 is 11.2 Å². The fraction of sp³-hybridized carbons (Fsp3) is 0.429. The topological polar surface area (TPSA) is 105 Å². The molecule has 0 fully saturated rings. The van der Waals surface area contributed by atoms with Gasteiger partial charge in [0, 0.05) is 39.0 Å². The van der Waals surface area contributed by atoms with E-state index in [-0.39, 0.29) is 11.4 Å². The largest absolute Gasteiger partial charge is 0.494 e. The van der Waals surface area contributed by atoms with Gasteiger partial charge in [-0.1, -0.05) is 6.92 Å². The van der Waals surface area contributed by atoms with Crippen LogP contribution in [0.25, 0.3) is 0 Å². The summed E-state index contributed by atoms with van der Waals surface area (Å²) < 4.78 is 2.01. The van der Waals surface area contributed by atoms with E-state index in [0.717, 1.165) is 14.8 Å². The zero-order chi connectivity index (χ0) is 16.3. The minimum Gasteiger partial charge on any atom is -0.494 e. The summed E-state index contributed by atoms with van der Waals surface area (Å²) in [5, 5.41) is 10.1. The van der Waals surface area contributed by atoms with Crippen molar-refractivity contribution in [2.45, 2.75) is 19.8 Å². The first kappa shape index (κ1) is 15.7. The van der Waals surface area contributed by atoms with Gasteiger partial charge in [-0.3, -0.25) is 18.9 Å². The number of aromatic amines is 1. The van der Waals surface area contributed by atoms with Crippen LogP contribution in [0.5, 0.6) is 5.88 Å². The van der Waals surface area contributed by atoms with Gasteiger partial charge in [-0.2, -0.15) is 0 Å². The van der Waals surface area contributed by atoms with Crippen molar-refractivity contribution in [3.8, 4) is 5.88 Å². The second-order valence-electron chi connectivity index (χ2n) is 4.91. The number of nitrogens with one attached hydrogen (secondary N) is 1. The van der Waals surface area contributed by atoms with Gasteiger partial charge >= 0.3 is 5.69 Å². The van der Waals surface area contributed by atoms with Gasteiger partial charge in [0.15, 0.2) is 0 Å². The number of aromatic hydroxyl groups is 1. The molecule has 0 spiro atoms. The normalized spacial score (nSPS) is 11.9. The summed E-state index contributed by atoms with van der Waals surface area (Å²) in [6, 6.07) is 0. The van der Waals surface area contributed by atoms with E-state index in [0.29, 0.717) is 25.1 Å². The molecule has 0 aliphatic rings. The van der Waals surface area contributed by atoms with Crippen LogP contribution in [0.2, 0.25) is 0 Å². The van der Waals surface area contributed by atoms with E-state index in [4.69, 9.17) is 0 Å². The van der Waals surface area contributed by atoms with Gasteiger partial charge in [-0.15, -0.1) is 0 Å². The first-order valence-corrected chi connectivity index (χ1v) is 6.97. The zero-order valence-electron chi connectivity index (χ0n) is 12.8. The Hall–Kier alpha value is -2.64. The molecule has 2 aromatic heterocycles. The third-order valence-corrected chi connectivity index (χ3v) is 3.50. The molecule has 118 valence electrons.